The first-order valence-electron chi connectivity index (χ1n) is 7.80. The van der Waals surface area contributed by atoms with Crippen molar-refractivity contribution in [3.8, 4) is 0 Å². The van der Waals surface area contributed by atoms with E-state index in [1.54, 1.807) is 12.1 Å². The van der Waals surface area contributed by atoms with Crippen LogP contribution in [0.3, 0.4) is 0 Å². The zero-order valence-corrected chi connectivity index (χ0v) is 12.2. The number of benzene rings is 1. The zero-order chi connectivity index (χ0) is 14.8. The molecule has 2 aromatic rings. The number of aromatic nitrogens is 1. The normalized spacial score (nSPS) is 24.3. The highest BCUT2D eigenvalue weighted by Gasteiger charge is 2.29. The van der Waals surface area contributed by atoms with E-state index in [-0.39, 0.29) is 18.3 Å². The molecule has 4 N–H and O–H groups in total. The molecule has 0 aliphatic heterocycles. The molecule has 1 saturated carbocycles. The van der Waals surface area contributed by atoms with E-state index in [1.165, 1.54) is 6.07 Å². The van der Waals surface area contributed by atoms with Gasteiger partial charge in [-0.1, -0.05) is 0 Å². The van der Waals surface area contributed by atoms with Crippen LogP contribution < -0.4 is 5.73 Å². The van der Waals surface area contributed by atoms with Crippen molar-refractivity contribution < 1.29 is 9.50 Å². The summed E-state index contributed by atoms with van der Waals surface area (Å²) in [6.45, 7) is 0.871. The molecule has 1 unspecified atom stereocenters. The van der Waals surface area contributed by atoms with Crippen LogP contribution in [0.25, 0.3) is 10.9 Å². The molecule has 1 aliphatic rings. The van der Waals surface area contributed by atoms with Gasteiger partial charge >= 0.3 is 0 Å². The molecule has 0 saturated heterocycles. The van der Waals surface area contributed by atoms with Gasteiger partial charge in [0.15, 0.2) is 0 Å². The van der Waals surface area contributed by atoms with Gasteiger partial charge in [-0.05, 0) is 67.8 Å². The molecule has 0 radical (unpaired) electrons. The fourth-order valence-electron chi connectivity index (χ4n) is 3.77. The number of rotatable bonds is 4. The fourth-order valence-corrected chi connectivity index (χ4v) is 3.77. The maximum atomic E-state index is 13.5. The van der Waals surface area contributed by atoms with Gasteiger partial charge in [0.05, 0.1) is 0 Å². The van der Waals surface area contributed by atoms with Crippen molar-refractivity contribution in [1.29, 1.82) is 0 Å². The summed E-state index contributed by atoms with van der Waals surface area (Å²) in [4.78, 5) is 3.23. The topological polar surface area (TPSA) is 62.0 Å². The van der Waals surface area contributed by atoms with Crippen molar-refractivity contribution in [1.82, 2.24) is 4.98 Å². The fraction of sp³-hybridized carbons (Fsp3) is 0.529. The lowest BCUT2D eigenvalue weighted by Gasteiger charge is -2.32. The summed E-state index contributed by atoms with van der Waals surface area (Å²) in [6, 6.07) is 4.86. The molecule has 0 amide bonds. The second-order valence-electron chi connectivity index (χ2n) is 6.24. The number of nitrogens with one attached hydrogen (secondary N) is 1. The van der Waals surface area contributed by atoms with E-state index in [4.69, 9.17) is 5.73 Å². The minimum absolute atomic E-state index is 0.205. The summed E-state index contributed by atoms with van der Waals surface area (Å²) < 4.78 is 13.5. The average Bonchev–Trinajstić information content (AvgIpc) is 2.92. The second-order valence-corrected chi connectivity index (χ2v) is 6.24. The quantitative estimate of drug-likeness (QED) is 0.810. The Hall–Kier alpha value is -1.39. The van der Waals surface area contributed by atoms with Crippen LogP contribution in [0.4, 0.5) is 4.39 Å². The number of aliphatic hydroxyl groups is 1. The van der Waals surface area contributed by atoms with Gasteiger partial charge in [0, 0.05) is 29.6 Å². The molecule has 114 valence electrons. The van der Waals surface area contributed by atoms with Gasteiger partial charge < -0.3 is 15.8 Å². The summed E-state index contributed by atoms with van der Waals surface area (Å²) in [5.74, 6) is 1.03. The Kier molecular flexibility index (Phi) is 4.27. The van der Waals surface area contributed by atoms with E-state index < -0.39 is 0 Å². The molecule has 3 rings (SSSR count). The van der Waals surface area contributed by atoms with E-state index in [0.29, 0.717) is 18.4 Å². The van der Waals surface area contributed by atoms with Gasteiger partial charge in [0.25, 0.3) is 0 Å². The van der Waals surface area contributed by atoms with E-state index >= 15 is 0 Å². The third-order valence-corrected chi connectivity index (χ3v) is 5.05. The number of halogens is 1. The van der Waals surface area contributed by atoms with Crippen LogP contribution in [0, 0.1) is 17.7 Å². The van der Waals surface area contributed by atoms with E-state index in [1.807, 2.05) is 6.20 Å². The number of nitrogens with two attached hydrogens (primary N) is 1. The van der Waals surface area contributed by atoms with Crippen molar-refractivity contribution in [2.45, 2.75) is 31.6 Å². The molecule has 4 heteroatoms. The molecule has 1 fully saturated rings. The van der Waals surface area contributed by atoms with Crippen molar-refractivity contribution in [3.05, 3.63) is 35.8 Å². The summed E-state index contributed by atoms with van der Waals surface area (Å²) in [7, 11) is 0. The third-order valence-electron chi connectivity index (χ3n) is 5.05. The summed E-state index contributed by atoms with van der Waals surface area (Å²) >= 11 is 0. The first-order valence-corrected chi connectivity index (χ1v) is 7.80. The lowest BCUT2D eigenvalue weighted by Crippen LogP contribution is -2.26. The molecular formula is C17H23FN2O. The van der Waals surface area contributed by atoms with Crippen molar-refractivity contribution >= 4 is 10.9 Å². The van der Waals surface area contributed by atoms with Crippen LogP contribution in [0.5, 0.6) is 0 Å². The maximum absolute atomic E-state index is 13.5. The molecule has 21 heavy (non-hydrogen) atoms. The Morgan fingerprint density at radius 2 is 2.05 bits per heavy atom. The zero-order valence-electron chi connectivity index (χ0n) is 12.2. The van der Waals surface area contributed by atoms with Gasteiger partial charge in [0.1, 0.15) is 5.82 Å². The van der Waals surface area contributed by atoms with Gasteiger partial charge in [-0.2, -0.15) is 0 Å². The molecule has 1 heterocycles. The van der Waals surface area contributed by atoms with Gasteiger partial charge in [-0.25, -0.2) is 4.39 Å². The number of hydrogen-bond donors (Lipinski definition) is 3. The lowest BCUT2D eigenvalue weighted by atomic mass is 9.73. The SMILES string of the molecule is NCC(c1c[nH]c2ccc(F)cc12)C1CCC(CO)CC1. The number of fused-ring (bicyclic) bond motifs is 1. The van der Waals surface area contributed by atoms with Crippen LogP contribution in [0.15, 0.2) is 24.4 Å². The third kappa shape index (κ3) is 2.83. The summed E-state index contributed by atoms with van der Waals surface area (Å²) in [5.41, 5.74) is 8.14. The summed E-state index contributed by atoms with van der Waals surface area (Å²) in [6.07, 6.45) is 6.30. The van der Waals surface area contributed by atoms with Crippen LogP contribution in [-0.4, -0.2) is 23.2 Å². The Bertz CT molecular complexity index is 602. The highest BCUT2D eigenvalue weighted by atomic mass is 19.1. The Balaban J connectivity index is 1.86. The van der Waals surface area contributed by atoms with Gasteiger partial charge in [-0.15, -0.1) is 0 Å². The first kappa shape index (κ1) is 14.5. The summed E-state index contributed by atoms with van der Waals surface area (Å²) in [5, 5.41) is 10.2. The minimum atomic E-state index is -0.205. The number of aliphatic hydroxyl groups excluding tert-OH is 1. The lowest BCUT2D eigenvalue weighted by molar-refractivity contribution is 0.158. The smallest absolute Gasteiger partial charge is 0.123 e. The molecular weight excluding hydrogens is 267 g/mol. The number of H-pyrrole nitrogens is 1. The van der Waals surface area contributed by atoms with E-state index in [9.17, 15) is 9.50 Å². The molecule has 1 atom stereocenters. The Labute approximate surface area is 124 Å². The minimum Gasteiger partial charge on any atom is -0.396 e. The van der Waals surface area contributed by atoms with Crippen molar-refractivity contribution in [2.24, 2.45) is 17.6 Å². The molecule has 1 aromatic heterocycles. The Morgan fingerprint density at radius 1 is 1.29 bits per heavy atom. The number of hydrogen-bond acceptors (Lipinski definition) is 2. The van der Waals surface area contributed by atoms with Crippen LogP contribution in [0.2, 0.25) is 0 Å². The predicted molar refractivity (Wildman–Crippen MR) is 82.6 cm³/mol. The Morgan fingerprint density at radius 3 is 2.71 bits per heavy atom. The maximum Gasteiger partial charge on any atom is 0.123 e. The molecule has 1 aliphatic carbocycles. The average molecular weight is 290 g/mol. The highest BCUT2D eigenvalue weighted by Crippen LogP contribution is 2.39. The standard InChI is InChI=1S/C17H23FN2O/c18-13-5-6-17-14(7-13)16(9-20-17)15(8-19)12-3-1-11(10-21)2-4-12/h5-7,9,11-12,15,20-21H,1-4,8,10,19H2. The largest absolute Gasteiger partial charge is 0.396 e. The van der Waals surface area contributed by atoms with E-state index in [0.717, 1.165) is 42.1 Å². The molecule has 3 nitrogen and oxygen atoms in total. The molecule has 1 aromatic carbocycles. The molecule has 0 bridgehead atoms. The predicted octanol–water partition coefficient (Wildman–Crippen LogP) is 3.15. The first-order chi connectivity index (χ1) is 10.2. The van der Waals surface area contributed by atoms with Crippen LogP contribution >= 0.6 is 0 Å². The second kappa shape index (κ2) is 6.16. The highest BCUT2D eigenvalue weighted by molar-refractivity contribution is 5.83. The number of aromatic amines is 1. The molecule has 0 spiro atoms. The van der Waals surface area contributed by atoms with E-state index in [2.05, 4.69) is 4.98 Å². The van der Waals surface area contributed by atoms with Gasteiger partial charge in [-0.3, -0.25) is 0 Å². The van der Waals surface area contributed by atoms with Crippen molar-refractivity contribution in [3.63, 3.8) is 0 Å². The van der Waals surface area contributed by atoms with Gasteiger partial charge in [0.2, 0.25) is 0 Å². The van der Waals surface area contributed by atoms with Crippen LogP contribution in [-0.2, 0) is 0 Å². The van der Waals surface area contributed by atoms with Crippen molar-refractivity contribution in [2.75, 3.05) is 13.2 Å². The monoisotopic (exact) mass is 290 g/mol. The van der Waals surface area contributed by atoms with Crippen LogP contribution in [0.1, 0.15) is 37.2 Å².